The largest absolute Gasteiger partial charge is 0.319 e. The molecule has 0 atom stereocenters. The Morgan fingerprint density at radius 3 is 2.43 bits per heavy atom. The van der Waals surface area contributed by atoms with Gasteiger partial charge < -0.3 is 10.2 Å². The number of fused-ring (bicyclic) bond motifs is 1. The molecular formula is C23H19FN2O2. The smallest absolute Gasteiger partial charge is 0.258 e. The molecule has 0 unspecified atom stereocenters. The maximum absolute atomic E-state index is 13.8. The van der Waals surface area contributed by atoms with Gasteiger partial charge in [-0.2, -0.15) is 0 Å². The average molecular weight is 374 g/mol. The van der Waals surface area contributed by atoms with E-state index in [2.05, 4.69) is 5.32 Å². The third kappa shape index (κ3) is 3.51. The number of amides is 2. The Bertz CT molecular complexity index is 1030. The zero-order valence-electron chi connectivity index (χ0n) is 15.2. The van der Waals surface area contributed by atoms with Gasteiger partial charge in [0.05, 0.1) is 5.69 Å². The molecule has 0 aliphatic carbocycles. The molecule has 0 aromatic heterocycles. The molecule has 28 heavy (non-hydrogen) atoms. The molecule has 0 bridgehead atoms. The van der Waals surface area contributed by atoms with Gasteiger partial charge in [-0.15, -0.1) is 0 Å². The zero-order valence-corrected chi connectivity index (χ0v) is 15.2. The number of carbonyl (C=O) groups is 2. The van der Waals surface area contributed by atoms with Crippen molar-refractivity contribution in [3.05, 3.63) is 95.3 Å². The Labute approximate surface area is 162 Å². The van der Waals surface area contributed by atoms with Gasteiger partial charge in [0.25, 0.3) is 11.8 Å². The normalized spacial score (nSPS) is 13.0. The number of nitrogens with zero attached hydrogens (tertiary/aromatic N) is 1. The number of aryl methyl sites for hydroxylation is 1. The van der Waals surface area contributed by atoms with E-state index in [0.29, 0.717) is 17.7 Å². The van der Waals surface area contributed by atoms with Gasteiger partial charge in [0.15, 0.2) is 0 Å². The van der Waals surface area contributed by atoms with Crippen LogP contribution in [0.25, 0.3) is 0 Å². The molecule has 3 aromatic rings. The molecule has 4 rings (SSSR count). The molecule has 1 aliphatic heterocycles. The van der Waals surface area contributed by atoms with E-state index in [-0.39, 0.29) is 17.5 Å². The summed E-state index contributed by atoms with van der Waals surface area (Å²) in [6.07, 6.45) is 1.61. The lowest BCUT2D eigenvalue weighted by molar-refractivity contribution is 0.0984. The Kier molecular flexibility index (Phi) is 4.89. The Morgan fingerprint density at radius 1 is 0.893 bits per heavy atom. The lowest BCUT2D eigenvalue weighted by Crippen LogP contribution is -2.35. The second-order valence-electron chi connectivity index (χ2n) is 6.70. The topological polar surface area (TPSA) is 49.4 Å². The zero-order chi connectivity index (χ0) is 19.5. The van der Waals surface area contributed by atoms with Crippen LogP contribution in [0.4, 0.5) is 15.8 Å². The third-order valence-corrected chi connectivity index (χ3v) is 4.85. The van der Waals surface area contributed by atoms with Crippen LogP contribution in [-0.2, 0) is 6.42 Å². The highest BCUT2D eigenvalue weighted by molar-refractivity contribution is 6.08. The predicted molar refractivity (Wildman–Crippen MR) is 107 cm³/mol. The molecule has 0 radical (unpaired) electrons. The van der Waals surface area contributed by atoms with E-state index in [1.54, 1.807) is 47.4 Å². The summed E-state index contributed by atoms with van der Waals surface area (Å²) < 4.78 is 13.8. The maximum Gasteiger partial charge on any atom is 0.258 e. The summed E-state index contributed by atoms with van der Waals surface area (Å²) >= 11 is 0. The number of rotatable bonds is 3. The number of para-hydroxylation sites is 1. The monoisotopic (exact) mass is 374 g/mol. The average Bonchev–Trinajstić information content (AvgIpc) is 2.74. The van der Waals surface area contributed by atoms with Crippen molar-refractivity contribution in [3.8, 4) is 0 Å². The minimum Gasteiger partial charge on any atom is -0.319 e. The van der Waals surface area contributed by atoms with Crippen LogP contribution in [-0.4, -0.2) is 18.4 Å². The molecule has 0 spiro atoms. The SMILES string of the molecule is O=C(Nc1ccccc1F)c1ccc2c(c1)CCCN2C(=O)c1ccccc1. The molecule has 1 N–H and O–H groups in total. The Morgan fingerprint density at radius 2 is 1.64 bits per heavy atom. The number of hydrogen-bond acceptors (Lipinski definition) is 2. The summed E-state index contributed by atoms with van der Waals surface area (Å²) in [5.74, 6) is -0.905. The van der Waals surface area contributed by atoms with Gasteiger partial charge in [0, 0.05) is 23.4 Å². The van der Waals surface area contributed by atoms with E-state index in [4.69, 9.17) is 0 Å². The first kappa shape index (κ1) is 17.9. The second-order valence-corrected chi connectivity index (χ2v) is 6.70. The highest BCUT2D eigenvalue weighted by atomic mass is 19.1. The predicted octanol–water partition coefficient (Wildman–Crippen LogP) is 4.67. The van der Waals surface area contributed by atoms with Crippen molar-refractivity contribution in [3.63, 3.8) is 0 Å². The number of anilines is 2. The first-order valence-corrected chi connectivity index (χ1v) is 9.19. The lowest BCUT2D eigenvalue weighted by Gasteiger charge is -2.30. The Balaban J connectivity index is 1.59. The van der Waals surface area contributed by atoms with Crippen LogP contribution < -0.4 is 10.2 Å². The fourth-order valence-electron chi connectivity index (χ4n) is 3.44. The van der Waals surface area contributed by atoms with Gasteiger partial charge in [-0.05, 0) is 60.9 Å². The third-order valence-electron chi connectivity index (χ3n) is 4.85. The molecular weight excluding hydrogens is 355 g/mol. The minimum atomic E-state index is -0.478. The van der Waals surface area contributed by atoms with Crippen LogP contribution >= 0.6 is 0 Å². The quantitative estimate of drug-likeness (QED) is 0.724. The number of hydrogen-bond donors (Lipinski definition) is 1. The van der Waals surface area contributed by atoms with Crippen LogP contribution in [0.5, 0.6) is 0 Å². The first-order chi connectivity index (χ1) is 13.6. The summed E-state index contributed by atoms with van der Waals surface area (Å²) in [5, 5.41) is 2.60. The van der Waals surface area contributed by atoms with Crippen LogP contribution in [0.2, 0.25) is 0 Å². The van der Waals surface area contributed by atoms with E-state index in [0.717, 1.165) is 24.1 Å². The molecule has 1 heterocycles. The molecule has 4 nitrogen and oxygen atoms in total. The summed E-state index contributed by atoms with van der Waals surface area (Å²) in [6.45, 7) is 0.640. The van der Waals surface area contributed by atoms with Crippen molar-refractivity contribution in [2.24, 2.45) is 0 Å². The standard InChI is InChI=1S/C23H19FN2O2/c24-19-10-4-5-11-20(19)25-22(27)18-12-13-21-17(15-18)9-6-14-26(21)23(28)16-7-2-1-3-8-16/h1-5,7-8,10-13,15H,6,9,14H2,(H,25,27). The fraction of sp³-hybridized carbons (Fsp3) is 0.130. The summed E-state index contributed by atoms with van der Waals surface area (Å²) in [7, 11) is 0. The van der Waals surface area contributed by atoms with Gasteiger partial charge >= 0.3 is 0 Å². The highest BCUT2D eigenvalue weighted by Gasteiger charge is 2.24. The summed E-state index contributed by atoms with van der Waals surface area (Å²) in [6, 6.07) is 20.5. The van der Waals surface area contributed by atoms with Crippen LogP contribution in [0, 0.1) is 5.82 Å². The number of halogens is 1. The Hall–Kier alpha value is -3.47. The van der Waals surface area contributed by atoms with Gasteiger partial charge in [-0.1, -0.05) is 30.3 Å². The van der Waals surface area contributed by atoms with Gasteiger partial charge in [-0.3, -0.25) is 9.59 Å². The number of nitrogens with one attached hydrogen (secondary N) is 1. The van der Waals surface area contributed by atoms with Crippen molar-refractivity contribution in [1.82, 2.24) is 0 Å². The highest BCUT2D eigenvalue weighted by Crippen LogP contribution is 2.29. The van der Waals surface area contributed by atoms with Gasteiger partial charge in [0.2, 0.25) is 0 Å². The van der Waals surface area contributed by atoms with E-state index in [1.165, 1.54) is 12.1 Å². The second kappa shape index (κ2) is 7.64. The maximum atomic E-state index is 13.8. The number of benzene rings is 3. The van der Waals surface area contributed by atoms with Crippen LogP contribution in [0.3, 0.4) is 0 Å². The molecule has 1 aliphatic rings. The molecule has 0 saturated heterocycles. The van der Waals surface area contributed by atoms with Gasteiger partial charge in [0.1, 0.15) is 5.82 Å². The molecule has 2 amide bonds. The van der Waals surface area contributed by atoms with Crippen molar-refractivity contribution in [2.75, 3.05) is 16.8 Å². The van der Waals surface area contributed by atoms with Crippen LogP contribution in [0.1, 0.15) is 32.7 Å². The van der Waals surface area contributed by atoms with E-state index in [1.807, 2.05) is 18.2 Å². The molecule has 0 fully saturated rings. The fourth-order valence-corrected chi connectivity index (χ4v) is 3.44. The van der Waals surface area contributed by atoms with E-state index in [9.17, 15) is 14.0 Å². The molecule has 3 aromatic carbocycles. The van der Waals surface area contributed by atoms with Crippen molar-refractivity contribution < 1.29 is 14.0 Å². The summed E-state index contributed by atoms with van der Waals surface area (Å²) in [5.41, 5.74) is 2.98. The lowest BCUT2D eigenvalue weighted by atomic mass is 9.98. The molecule has 0 saturated carbocycles. The number of carbonyl (C=O) groups excluding carboxylic acids is 2. The first-order valence-electron chi connectivity index (χ1n) is 9.19. The minimum absolute atomic E-state index is 0.0508. The molecule has 140 valence electrons. The molecule has 5 heteroatoms. The van der Waals surface area contributed by atoms with Crippen molar-refractivity contribution >= 4 is 23.2 Å². The summed E-state index contributed by atoms with van der Waals surface area (Å²) in [4.78, 5) is 27.2. The van der Waals surface area contributed by atoms with Crippen molar-refractivity contribution in [1.29, 1.82) is 0 Å². The van der Waals surface area contributed by atoms with Gasteiger partial charge in [-0.25, -0.2) is 4.39 Å². The van der Waals surface area contributed by atoms with E-state index >= 15 is 0 Å². The van der Waals surface area contributed by atoms with Crippen molar-refractivity contribution in [2.45, 2.75) is 12.8 Å². The van der Waals surface area contributed by atoms with Crippen LogP contribution in [0.15, 0.2) is 72.8 Å². The van der Waals surface area contributed by atoms with E-state index < -0.39 is 5.82 Å².